The predicted molar refractivity (Wildman–Crippen MR) is 136 cm³/mol. The Balaban J connectivity index is 2.50. The van der Waals surface area contributed by atoms with Gasteiger partial charge >= 0.3 is 6.03 Å². The Kier molecular flexibility index (Phi) is 8.91. The number of urea groups is 1. The van der Waals surface area contributed by atoms with E-state index in [2.05, 4.69) is 15.4 Å². The number of amides is 2. The molecule has 12 nitrogen and oxygen atoms in total. The zero-order valence-corrected chi connectivity index (χ0v) is 22.2. The van der Waals surface area contributed by atoms with E-state index < -0.39 is 51.3 Å². The van der Waals surface area contributed by atoms with Crippen molar-refractivity contribution in [3.63, 3.8) is 0 Å². The largest absolute Gasteiger partial charge is 0.336 e. The molecule has 36 heavy (non-hydrogen) atoms. The molecule has 0 bridgehead atoms. The third-order valence-electron chi connectivity index (χ3n) is 4.58. The number of carbonyl (C=O) groups is 1. The minimum absolute atomic E-state index is 0.0572. The van der Waals surface area contributed by atoms with Crippen molar-refractivity contribution in [1.82, 2.24) is 5.32 Å². The van der Waals surface area contributed by atoms with Gasteiger partial charge in [-0.25, -0.2) is 13.2 Å². The Morgan fingerprint density at radius 3 is 1.64 bits per heavy atom. The minimum atomic E-state index is -4.81. The second kappa shape index (κ2) is 11.0. The SMILES string of the molecule is CC(C)NC(=O)Nc1ccc(C=Cc2ccc(NS(=O)(=O)C(C)C)cc2S(=O)(=O)O)c(S(=O)(=O)O)c1. The standard InChI is InChI=1S/C21H27N3O9S3/c1-13(2)22-21(25)23-17-9-7-15(19(11-17)35(28,29)30)5-6-16-8-10-18(12-20(16)36(31,32)33)24-34(26,27)14(3)4/h5-14,24H,1-4H3,(H2,22,23,25)(H,28,29,30)(H,31,32,33). The first-order valence-corrected chi connectivity index (χ1v) is 14.8. The summed E-state index contributed by atoms with van der Waals surface area (Å²) < 4.78 is 93.4. The van der Waals surface area contributed by atoms with Crippen LogP contribution in [0.25, 0.3) is 12.2 Å². The van der Waals surface area contributed by atoms with E-state index in [1.807, 2.05) is 0 Å². The van der Waals surface area contributed by atoms with Gasteiger partial charge in [-0.3, -0.25) is 13.8 Å². The molecule has 0 aliphatic rings. The maximum absolute atomic E-state index is 12.1. The van der Waals surface area contributed by atoms with Crippen molar-refractivity contribution in [2.45, 2.75) is 48.8 Å². The molecule has 2 rings (SSSR count). The van der Waals surface area contributed by atoms with Crippen molar-refractivity contribution in [2.24, 2.45) is 0 Å². The van der Waals surface area contributed by atoms with Crippen molar-refractivity contribution in [1.29, 1.82) is 0 Å². The van der Waals surface area contributed by atoms with Gasteiger partial charge < -0.3 is 10.6 Å². The summed E-state index contributed by atoms with van der Waals surface area (Å²) in [6.45, 7) is 6.30. The summed E-state index contributed by atoms with van der Waals surface area (Å²) in [7, 11) is -13.4. The number of nitrogens with one attached hydrogen (secondary N) is 3. The van der Waals surface area contributed by atoms with E-state index in [0.717, 1.165) is 18.2 Å². The molecule has 0 spiro atoms. The molecule has 0 radical (unpaired) electrons. The molecule has 15 heteroatoms. The van der Waals surface area contributed by atoms with Crippen LogP contribution in [-0.2, 0) is 30.3 Å². The summed E-state index contributed by atoms with van der Waals surface area (Å²) in [5.74, 6) is 0. The van der Waals surface area contributed by atoms with Gasteiger partial charge in [-0.2, -0.15) is 16.8 Å². The highest BCUT2D eigenvalue weighted by molar-refractivity contribution is 7.93. The van der Waals surface area contributed by atoms with Crippen molar-refractivity contribution in [3.05, 3.63) is 47.5 Å². The Bertz CT molecular complexity index is 1500. The molecule has 2 amide bonds. The van der Waals surface area contributed by atoms with E-state index in [9.17, 15) is 39.2 Å². The van der Waals surface area contributed by atoms with Crippen molar-refractivity contribution in [2.75, 3.05) is 10.0 Å². The zero-order valence-electron chi connectivity index (χ0n) is 19.8. The Morgan fingerprint density at radius 2 is 1.22 bits per heavy atom. The average Bonchev–Trinajstić information content (AvgIpc) is 2.71. The maximum Gasteiger partial charge on any atom is 0.319 e. The molecule has 0 saturated carbocycles. The van der Waals surface area contributed by atoms with E-state index in [1.165, 1.54) is 44.2 Å². The second-order valence-electron chi connectivity index (χ2n) is 8.24. The number of carbonyl (C=O) groups excluding carboxylic acids is 1. The van der Waals surface area contributed by atoms with Gasteiger partial charge in [0.2, 0.25) is 10.0 Å². The van der Waals surface area contributed by atoms with E-state index in [0.29, 0.717) is 0 Å². The lowest BCUT2D eigenvalue weighted by molar-refractivity contribution is 0.250. The number of sulfonamides is 1. The number of benzene rings is 2. The average molecular weight is 562 g/mol. The van der Waals surface area contributed by atoms with Crippen LogP contribution >= 0.6 is 0 Å². The first kappa shape index (κ1) is 29.3. The highest BCUT2D eigenvalue weighted by Gasteiger charge is 2.20. The predicted octanol–water partition coefficient (Wildman–Crippen LogP) is 3.03. The van der Waals surface area contributed by atoms with E-state index in [4.69, 9.17) is 0 Å². The molecule has 2 aromatic carbocycles. The van der Waals surface area contributed by atoms with E-state index >= 15 is 0 Å². The molecular weight excluding hydrogens is 534 g/mol. The van der Waals surface area contributed by atoms with Gasteiger partial charge in [-0.15, -0.1) is 0 Å². The monoisotopic (exact) mass is 561 g/mol. The van der Waals surface area contributed by atoms with Crippen molar-refractivity contribution in [3.8, 4) is 0 Å². The lowest BCUT2D eigenvalue weighted by atomic mass is 10.1. The fourth-order valence-corrected chi connectivity index (χ4v) is 4.93. The molecule has 0 atom stereocenters. The summed E-state index contributed by atoms with van der Waals surface area (Å²) in [4.78, 5) is 10.7. The lowest BCUT2D eigenvalue weighted by Gasteiger charge is -2.13. The number of hydrogen-bond donors (Lipinski definition) is 5. The van der Waals surface area contributed by atoms with Crippen LogP contribution in [-0.4, -0.2) is 51.7 Å². The number of rotatable bonds is 9. The van der Waals surface area contributed by atoms with Gasteiger partial charge in [-0.05, 0) is 63.1 Å². The highest BCUT2D eigenvalue weighted by atomic mass is 32.2. The van der Waals surface area contributed by atoms with Crippen molar-refractivity contribution >= 4 is 59.8 Å². The molecule has 198 valence electrons. The zero-order chi connectivity index (χ0) is 27.5. The molecule has 2 aromatic rings. The minimum Gasteiger partial charge on any atom is -0.336 e. The normalized spacial score (nSPS) is 12.8. The van der Waals surface area contributed by atoms with Crippen LogP contribution in [0.2, 0.25) is 0 Å². The lowest BCUT2D eigenvalue weighted by Crippen LogP contribution is -2.34. The molecule has 0 unspecified atom stereocenters. The molecule has 0 aromatic heterocycles. The molecule has 5 N–H and O–H groups in total. The summed E-state index contributed by atoms with van der Waals surface area (Å²) in [6, 6.07) is 6.25. The molecule has 0 aliphatic heterocycles. The summed E-state index contributed by atoms with van der Waals surface area (Å²) in [5.41, 5.74) is -0.191. The molecule has 0 heterocycles. The quantitative estimate of drug-likeness (QED) is 0.226. The second-order valence-corrected chi connectivity index (χ2v) is 13.3. The fourth-order valence-electron chi connectivity index (χ4n) is 2.82. The Hall–Kier alpha value is -2.98. The molecule has 0 saturated heterocycles. The highest BCUT2D eigenvalue weighted by Crippen LogP contribution is 2.27. The van der Waals surface area contributed by atoms with E-state index in [-0.39, 0.29) is 28.5 Å². The first-order chi connectivity index (χ1) is 16.4. The smallest absolute Gasteiger partial charge is 0.319 e. The van der Waals surface area contributed by atoms with Crippen LogP contribution in [0, 0.1) is 0 Å². The Labute approximate surface area is 210 Å². The van der Waals surface area contributed by atoms with Crippen LogP contribution in [0.5, 0.6) is 0 Å². The van der Waals surface area contributed by atoms with Gasteiger partial charge in [0.05, 0.1) is 5.25 Å². The van der Waals surface area contributed by atoms with Gasteiger partial charge in [0, 0.05) is 17.4 Å². The Morgan fingerprint density at radius 1 is 0.778 bits per heavy atom. The van der Waals surface area contributed by atoms with Gasteiger partial charge in [-0.1, -0.05) is 24.3 Å². The van der Waals surface area contributed by atoms with E-state index in [1.54, 1.807) is 13.8 Å². The summed E-state index contributed by atoms with van der Waals surface area (Å²) in [6.07, 6.45) is 2.33. The van der Waals surface area contributed by atoms with Crippen LogP contribution in [0.15, 0.2) is 46.2 Å². The van der Waals surface area contributed by atoms with Crippen LogP contribution < -0.4 is 15.4 Å². The molecular formula is C21H27N3O9S3. The van der Waals surface area contributed by atoms with Crippen LogP contribution in [0.1, 0.15) is 38.8 Å². The van der Waals surface area contributed by atoms with Gasteiger partial charge in [0.25, 0.3) is 20.2 Å². The number of hydrogen-bond acceptors (Lipinski definition) is 7. The third-order valence-corrected chi connectivity index (χ3v) is 8.16. The summed E-state index contributed by atoms with van der Waals surface area (Å²) in [5, 5.41) is 4.18. The molecule has 0 fully saturated rings. The first-order valence-electron chi connectivity index (χ1n) is 10.4. The van der Waals surface area contributed by atoms with Gasteiger partial charge in [0.15, 0.2) is 0 Å². The fraction of sp³-hybridized carbons (Fsp3) is 0.286. The van der Waals surface area contributed by atoms with Gasteiger partial charge in [0.1, 0.15) is 9.79 Å². The van der Waals surface area contributed by atoms with Crippen LogP contribution in [0.4, 0.5) is 16.2 Å². The number of anilines is 2. The topological polar surface area (TPSA) is 196 Å². The maximum atomic E-state index is 12.1. The third kappa shape index (κ3) is 8.03. The molecule has 0 aliphatic carbocycles. The van der Waals surface area contributed by atoms with Crippen molar-refractivity contribution < 1.29 is 39.2 Å². The summed E-state index contributed by atoms with van der Waals surface area (Å²) >= 11 is 0. The van der Waals surface area contributed by atoms with Crippen LogP contribution in [0.3, 0.4) is 0 Å².